The molecule has 1 unspecified atom stereocenters. The number of nitrogens with one attached hydrogen (secondary N) is 1. The zero-order valence-electron chi connectivity index (χ0n) is 16.9. The Morgan fingerprint density at radius 1 is 1.28 bits per heavy atom. The quantitative estimate of drug-likeness (QED) is 0.299. The average molecular weight is 471 g/mol. The summed E-state index contributed by atoms with van der Waals surface area (Å²) in [6.07, 6.45) is -0.773. The predicted octanol–water partition coefficient (Wildman–Crippen LogP) is 3.58. The predicted molar refractivity (Wildman–Crippen MR) is 110 cm³/mol. The standard InChI is InChI=1S/C20H21F4N5O2S/c1-29-18(15-5-4-12(25)11(23)7-31-15)13(6-26-29)27-19(30)14-8-32-20(28-14)16-9(21)2-3-10(22)17(16)24/h2-3,6,8,11-12,15,19,27,30H,4-5,7,25H2,1H3/t11-,12+,15-,19?/m0/s1. The van der Waals surface area contributed by atoms with Crippen LogP contribution in [0, 0.1) is 17.5 Å². The molecule has 2 aromatic heterocycles. The summed E-state index contributed by atoms with van der Waals surface area (Å²) < 4.78 is 62.7. The minimum absolute atomic E-state index is 0.0792. The van der Waals surface area contributed by atoms with E-state index in [-0.39, 0.29) is 17.3 Å². The van der Waals surface area contributed by atoms with Gasteiger partial charge in [-0.05, 0) is 25.0 Å². The molecule has 0 aliphatic carbocycles. The second-order valence-corrected chi connectivity index (χ2v) is 8.35. The third-order valence-electron chi connectivity index (χ3n) is 5.33. The first-order chi connectivity index (χ1) is 15.3. The molecule has 0 bridgehead atoms. The highest BCUT2D eigenvalue weighted by Gasteiger charge is 2.30. The van der Waals surface area contributed by atoms with E-state index in [0.717, 1.165) is 17.4 Å². The molecule has 0 amide bonds. The lowest BCUT2D eigenvalue weighted by atomic mass is 10.0. The average Bonchev–Trinajstić information content (AvgIpc) is 3.34. The Labute approximate surface area is 184 Å². The number of nitrogens with zero attached hydrogens (tertiary/aromatic N) is 3. The largest absolute Gasteiger partial charge is 0.369 e. The lowest BCUT2D eigenvalue weighted by molar-refractivity contribution is 0.0246. The zero-order valence-corrected chi connectivity index (χ0v) is 17.8. The van der Waals surface area contributed by atoms with Crippen LogP contribution in [0.4, 0.5) is 23.2 Å². The highest BCUT2D eigenvalue weighted by molar-refractivity contribution is 7.13. The molecule has 1 aromatic carbocycles. The molecular weight excluding hydrogens is 450 g/mol. The Morgan fingerprint density at radius 2 is 2.03 bits per heavy atom. The van der Waals surface area contributed by atoms with Crippen LogP contribution in [-0.4, -0.2) is 38.7 Å². The number of aliphatic hydroxyl groups is 1. The lowest BCUT2D eigenvalue weighted by Crippen LogP contribution is -2.32. The van der Waals surface area contributed by atoms with Gasteiger partial charge in [-0.15, -0.1) is 11.3 Å². The maximum atomic E-state index is 14.1. The second kappa shape index (κ2) is 9.14. The van der Waals surface area contributed by atoms with Gasteiger partial charge in [0.25, 0.3) is 0 Å². The number of alkyl halides is 1. The fraction of sp³-hybridized carbons (Fsp3) is 0.400. The van der Waals surface area contributed by atoms with Crippen LogP contribution in [0.5, 0.6) is 0 Å². The number of rotatable bonds is 5. The molecular formula is C20H21F4N5O2S. The number of aliphatic hydroxyl groups excluding tert-OH is 1. The van der Waals surface area contributed by atoms with E-state index in [4.69, 9.17) is 10.5 Å². The molecule has 7 nitrogen and oxygen atoms in total. The highest BCUT2D eigenvalue weighted by atomic mass is 32.1. The summed E-state index contributed by atoms with van der Waals surface area (Å²) >= 11 is 0.860. The van der Waals surface area contributed by atoms with E-state index in [2.05, 4.69) is 15.4 Å². The Kier molecular flexibility index (Phi) is 6.47. The van der Waals surface area contributed by atoms with Crippen molar-refractivity contribution in [3.63, 3.8) is 0 Å². The van der Waals surface area contributed by atoms with Crippen LogP contribution >= 0.6 is 11.3 Å². The van der Waals surface area contributed by atoms with Gasteiger partial charge >= 0.3 is 0 Å². The van der Waals surface area contributed by atoms with Gasteiger partial charge in [-0.1, -0.05) is 0 Å². The molecule has 0 saturated carbocycles. The maximum Gasteiger partial charge on any atom is 0.172 e. The Bertz CT molecular complexity index is 1100. The van der Waals surface area contributed by atoms with Crippen molar-refractivity contribution in [1.82, 2.24) is 14.8 Å². The Morgan fingerprint density at radius 3 is 2.81 bits per heavy atom. The van der Waals surface area contributed by atoms with Crippen molar-refractivity contribution in [1.29, 1.82) is 0 Å². The third kappa shape index (κ3) is 4.35. The fourth-order valence-electron chi connectivity index (χ4n) is 3.57. The van der Waals surface area contributed by atoms with Crippen molar-refractivity contribution < 1.29 is 27.4 Å². The van der Waals surface area contributed by atoms with Crippen molar-refractivity contribution in [2.75, 3.05) is 11.9 Å². The van der Waals surface area contributed by atoms with Gasteiger partial charge in [0.1, 0.15) is 28.8 Å². The van der Waals surface area contributed by atoms with Gasteiger partial charge in [-0.3, -0.25) is 4.68 Å². The molecule has 12 heteroatoms. The second-order valence-electron chi connectivity index (χ2n) is 7.49. The van der Waals surface area contributed by atoms with E-state index in [1.807, 2.05) is 0 Å². The molecule has 1 saturated heterocycles. The number of aromatic nitrogens is 3. The van der Waals surface area contributed by atoms with Crippen LogP contribution in [0.15, 0.2) is 23.7 Å². The molecule has 1 aliphatic heterocycles. The van der Waals surface area contributed by atoms with Gasteiger partial charge < -0.3 is 20.9 Å². The summed E-state index contributed by atoms with van der Waals surface area (Å²) in [5.74, 6) is -3.51. The van der Waals surface area contributed by atoms with Crippen LogP contribution in [0.2, 0.25) is 0 Å². The minimum atomic E-state index is -1.36. The topological polar surface area (TPSA) is 98.2 Å². The first-order valence-electron chi connectivity index (χ1n) is 9.83. The highest BCUT2D eigenvalue weighted by Crippen LogP contribution is 2.35. The molecule has 3 aromatic rings. The first kappa shape index (κ1) is 22.6. The van der Waals surface area contributed by atoms with Crippen LogP contribution in [0.25, 0.3) is 10.6 Å². The van der Waals surface area contributed by atoms with Gasteiger partial charge in [0.2, 0.25) is 0 Å². The molecule has 0 spiro atoms. The Balaban J connectivity index is 1.55. The summed E-state index contributed by atoms with van der Waals surface area (Å²) in [5.41, 5.74) is 6.28. The summed E-state index contributed by atoms with van der Waals surface area (Å²) in [6, 6.07) is 0.884. The number of ether oxygens (including phenoxy) is 1. The van der Waals surface area contributed by atoms with Crippen LogP contribution in [-0.2, 0) is 11.8 Å². The van der Waals surface area contributed by atoms with E-state index >= 15 is 0 Å². The molecule has 1 aliphatic rings. The smallest absolute Gasteiger partial charge is 0.172 e. The van der Waals surface area contributed by atoms with E-state index < -0.39 is 47.6 Å². The molecule has 32 heavy (non-hydrogen) atoms. The zero-order chi connectivity index (χ0) is 23.0. The summed E-state index contributed by atoms with van der Waals surface area (Å²) in [7, 11) is 1.68. The number of benzene rings is 1. The number of anilines is 1. The molecule has 172 valence electrons. The van der Waals surface area contributed by atoms with Crippen molar-refractivity contribution >= 4 is 17.0 Å². The third-order valence-corrected chi connectivity index (χ3v) is 6.20. The van der Waals surface area contributed by atoms with E-state index in [0.29, 0.717) is 30.3 Å². The van der Waals surface area contributed by atoms with Crippen molar-refractivity contribution in [3.05, 3.63) is 52.5 Å². The molecule has 1 fully saturated rings. The SMILES string of the molecule is Cn1ncc(NC(O)c2csc(-c3c(F)ccc(F)c3F)n2)c1[C@@H]1CC[C@@H](N)[C@@H](F)CO1. The first-order valence-corrected chi connectivity index (χ1v) is 10.7. The lowest BCUT2D eigenvalue weighted by Gasteiger charge is -2.19. The molecule has 4 rings (SSSR count). The van der Waals surface area contributed by atoms with Crippen molar-refractivity contribution in [2.24, 2.45) is 12.8 Å². The minimum Gasteiger partial charge on any atom is -0.369 e. The van der Waals surface area contributed by atoms with Crippen LogP contribution in [0.3, 0.4) is 0 Å². The number of hydrogen-bond acceptors (Lipinski definition) is 7. The van der Waals surface area contributed by atoms with Gasteiger partial charge in [-0.2, -0.15) is 5.10 Å². The summed E-state index contributed by atoms with van der Waals surface area (Å²) in [5, 5.41) is 18.9. The molecule has 3 heterocycles. The van der Waals surface area contributed by atoms with E-state index in [9.17, 15) is 22.7 Å². The number of nitrogens with two attached hydrogens (primary N) is 1. The monoisotopic (exact) mass is 471 g/mol. The van der Waals surface area contributed by atoms with Gasteiger partial charge in [-0.25, -0.2) is 22.5 Å². The molecule has 4 N–H and O–H groups in total. The van der Waals surface area contributed by atoms with Crippen molar-refractivity contribution in [2.45, 2.75) is 37.4 Å². The molecule has 0 radical (unpaired) electrons. The van der Waals surface area contributed by atoms with Crippen LogP contribution < -0.4 is 11.1 Å². The van der Waals surface area contributed by atoms with Crippen molar-refractivity contribution in [3.8, 4) is 10.6 Å². The number of thiazole rings is 1. The number of aryl methyl sites for hydroxylation is 1. The number of halogens is 4. The molecule has 4 atom stereocenters. The van der Waals surface area contributed by atoms with E-state index in [1.54, 1.807) is 11.7 Å². The number of hydrogen-bond donors (Lipinski definition) is 3. The van der Waals surface area contributed by atoms with Gasteiger partial charge in [0, 0.05) is 18.5 Å². The normalized spacial score (nSPS) is 22.5. The maximum absolute atomic E-state index is 14.1. The summed E-state index contributed by atoms with van der Waals surface area (Å²) in [6.45, 7) is -0.154. The van der Waals surface area contributed by atoms with Crippen LogP contribution in [0.1, 0.15) is 36.6 Å². The fourth-order valence-corrected chi connectivity index (χ4v) is 4.44. The van der Waals surface area contributed by atoms with E-state index in [1.165, 1.54) is 11.6 Å². The Hall–Kier alpha value is -2.54. The summed E-state index contributed by atoms with van der Waals surface area (Å²) in [4.78, 5) is 4.06. The van der Waals surface area contributed by atoms with Gasteiger partial charge in [0.05, 0.1) is 29.7 Å². The van der Waals surface area contributed by atoms with Gasteiger partial charge in [0.15, 0.2) is 17.9 Å².